The molecule has 1 amide bonds. The molecule has 0 unspecified atom stereocenters. The number of anilines is 1. The van der Waals surface area contributed by atoms with E-state index in [1.807, 2.05) is 0 Å². The van der Waals surface area contributed by atoms with Crippen LogP contribution in [0.25, 0.3) is 11.4 Å². The van der Waals surface area contributed by atoms with E-state index in [4.69, 9.17) is 23.2 Å². The molecule has 0 saturated heterocycles. The standard InChI is InChI=1S/C19H20Cl2N4OS2/c1-4-13-8-12(9-27-13)18-23-24-19(25(18)11(2)3)28-10-16(26)22-15-7-5-6-14(20)17(15)21/h5-9,11H,4,10H2,1-3H3,(H,22,26). The first kappa shape index (κ1) is 21.2. The molecular formula is C19H20Cl2N4OS2. The van der Waals surface area contributed by atoms with Gasteiger partial charge in [-0.1, -0.05) is 48.0 Å². The molecule has 28 heavy (non-hydrogen) atoms. The fourth-order valence-electron chi connectivity index (χ4n) is 2.64. The minimum absolute atomic E-state index is 0.169. The van der Waals surface area contributed by atoms with Gasteiger partial charge in [-0.2, -0.15) is 0 Å². The van der Waals surface area contributed by atoms with Crippen LogP contribution in [0.5, 0.6) is 0 Å². The molecule has 0 saturated carbocycles. The lowest BCUT2D eigenvalue weighted by Gasteiger charge is -2.13. The van der Waals surface area contributed by atoms with Crippen LogP contribution in [0.15, 0.2) is 34.8 Å². The van der Waals surface area contributed by atoms with Crippen molar-refractivity contribution >= 4 is 57.9 Å². The molecule has 1 N–H and O–H groups in total. The van der Waals surface area contributed by atoms with E-state index >= 15 is 0 Å². The molecule has 0 aliphatic carbocycles. The molecule has 0 spiro atoms. The zero-order valence-electron chi connectivity index (χ0n) is 15.7. The predicted molar refractivity (Wildman–Crippen MR) is 119 cm³/mol. The van der Waals surface area contributed by atoms with Gasteiger partial charge in [0.2, 0.25) is 5.91 Å². The number of hydrogen-bond acceptors (Lipinski definition) is 5. The Kier molecular flexibility index (Phi) is 7.04. The summed E-state index contributed by atoms with van der Waals surface area (Å²) >= 11 is 15.2. The Labute approximate surface area is 182 Å². The van der Waals surface area contributed by atoms with Crippen LogP contribution in [-0.4, -0.2) is 26.4 Å². The highest BCUT2D eigenvalue weighted by atomic mass is 35.5. The number of nitrogens with one attached hydrogen (secondary N) is 1. The second-order valence-electron chi connectivity index (χ2n) is 6.36. The number of aromatic nitrogens is 3. The number of nitrogens with zero attached hydrogens (tertiary/aromatic N) is 3. The first-order valence-electron chi connectivity index (χ1n) is 8.80. The van der Waals surface area contributed by atoms with Crippen molar-refractivity contribution in [2.75, 3.05) is 11.1 Å². The van der Waals surface area contributed by atoms with Crippen molar-refractivity contribution < 1.29 is 4.79 Å². The van der Waals surface area contributed by atoms with Gasteiger partial charge < -0.3 is 5.32 Å². The van der Waals surface area contributed by atoms with Crippen LogP contribution in [-0.2, 0) is 11.2 Å². The van der Waals surface area contributed by atoms with E-state index in [-0.39, 0.29) is 17.7 Å². The lowest BCUT2D eigenvalue weighted by atomic mass is 10.2. The lowest BCUT2D eigenvalue weighted by molar-refractivity contribution is -0.113. The highest BCUT2D eigenvalue weighted by molar-refractivity contribution is 7.99. The molecule has 3 aromatic rings. The third-order valence-electron chi connectivity index (χ3n) is 4.00. The summed E-state index contributed by atoms with van der Waals surface area (Å²) in [5.74, 6) is 0.835. The van der Waals surface area contributed by atoms with Gasteiger partial charge in [0.15, 0.2) is 11.0 Å². The third kappa shape index (κ3) is 4.71. The maximum atomic E-state index is 12.4. The van der Waals surface area contributed by atoms with Gasteiger partial charge in [0.25, 0.3) is 0 Å². The monoisotopic (exact) mass is 454 g/mol. The topological polar surface area (TPSA) is 59.8 Å². The molecule has 2 aromatic heterocycles. The van der Waals surface area contributed by atoms with Gasteiger partial charge in [0.05, 0.1) is 21.5 Å². The van der Waals surface area contributed by atoms with E-state index in [0.717, 1.165) is 17.8 Å². The summed E-state index contributed by atoms with van der Waals surface area (Å²) in [7, 11) is 0. The quantitative estimate of drug-likeness (QED) is 0.432. The number of rotatable bonds is 7. The fourth-order valence-corrected chi connectivity index (χ4v) is 4.67. The molecule has 0 bridgehead atoms. The van der Waals surface area contributed by atoms with Crippen LogP contribution >= 0.6 is 46.3 Å². The van der Waals surface area contributed by atoms with Gasteiger partial charge in [0, 0.05) is 21.9 Å². The Morgan fingerprint density at radius 2 is 2.11 bits per heavy atom. The van der Waals surface area contributed by atoms with Crippen molar-refractivity contribution in [2.45, 2.75) is 38.4 Å². The van der Waals surface area contributed by atoms with Crippen molar-refractivity contribution in [1.82, 2.24) is 14.8 Å². The maximum Gasteiger partial charge on any atom is 0.234 e. The number of carbonyl (C=O) groups is 1. The summed E-state index contributed by atoms with van der Waals surface area (Å²) in [5, 5.41) is 15.0. The van der Waals surface area contributed by atoms with Crippen molar-refractivity contribution in [3.8, 4) is 11.4 Å². The summed E-state index contributed by atoms with van der Waals surface area (Å²) in [6.45, 7) is 6.29. The molecule has 0 aliphatic rings. The van der Waals surface area contributed by atoms with Gasteiger partial charge in [0.1, 0.15) is 0 Å². The van der Waals surface area contributed by atoms with Gasteiger partial charge in [-0.3, -0.25) is 9.36 Å². The van der Waals surface area contributed by atoms with E-state index < -0.39 is 0 Å². The van der Waals surface area contributed by atoms with Crippen molar-refractivity contribution in [1.29, 1.82) is 0 Å². The summed E-state index contributed by atoms with van der Waals surface area (Å²) in [6, 6.07) is 7.45. The minimum Gasteiger partial charge on any atom is -0.324 e. The molecule has 0 aliphatic heterocycles. The second-order valence-corrected chi connectivity index (χ2v) is 9.09. The molecular weight excluding hydrogens is 435 g/mol. The number of carbonyl (C=O) groups excluding carboxylic acids is 1. The largest absolute Gasteiger partial charge is 0.324 e. The molecule has 9 heteroatoms. The molecule has 0 radical (unpaired) electrons. The Morgan fingerprint density at radius 1 is 1.32 bits per heavy atom. The van der Waals surface area contributed by atoms with Gasteiger partial charge in [-0.05, 0) is 38.5 Å². The summed E-state index contributed by atoms with van der Waals surface area (Å²) < 4.78 is 2.06. The minimum atomic E-state index is -0.183. The number of aryl methyl sites for hydroxylation is 1. The number of hydrogen-bond donors (Lipinski definition) is 1. The second kappa shape index (κ2) is 9.31. The van der Waals surface area contributed by atoms with Crippen LogP contribution in [0.2, 0.25) is 10.0 Å². The first-order valence-corrected chi connectivity index (χ1v) is 11.4. The van der Waals surface area contributed by atoms with E-state index in [1.54, 1.807) is 29.5 Å². The summed E-state index contributed by atoms with van der Waals surface area (Å²) in [5.41, 5.74) is 1.56. The van der Waals surface area contributed by atoms with Crippen molar-refractivity contribution in [3.63, 3.8) is 0 Å². The normalized spacial score (nSPS) is 11.2. The van der Waals surface area contributed by atoms with Crippen LogP contribution in [0.1, 0.15) is 31.7 Å². The zero-order valence-corrected chi connectivity index (χ0v) is 18.8. The van der Waals surface area contributed by atoms with E-state index in [0.29, 0.717) is 20.9 Å². The number of thioether (sulfide) groups is 1. The Bertz CT molecular complexity index is 984. The van der Waals surface area contributed by atoms with E-state index in [9.17, 15) is 4.79 Å². The van der Waals surface area contributed by atoms with Gasteiger partial charge in [-0.15, -0.1) is 21.5 Å². The van der Waals surface area contributed by atoms with Crippen LogP contribution in [0.3, 0.4) is 0 Å². The first-order chi connectivity index (χ1) is 13.4. The maximum absolute atomic E-state index is 12.4. The van der Waals surface area contributed by atoms with Crippen molar-refractivity contribution in [2.24, 2.45) is 0 Å². The highest BCUT2D eigenvalue weighted by Crippen LogP contribution is 2.32. The zero-order chi connectivity index (χ0) is 20.3. The smallest absolute Gasteiger partial charge is 0.234 e. The number of thiophene rings is 1. The molecule has 2 heterocycles. The highest BCUT2D eigenvalue weighted by Gasteiger charge is 2.19. The Morgan fingerprint density at radius 3 is 2.79 bits per heavy atom. The average molecular weight is 455 g/mol. The Hall–Kier alpha value is -1.54. The van der Waals surface area contributed by atoms with E-state index in [2.05, 4.69) is 52.3 Å². The van der Waals surface area contributed by atoms with Gasteiger partial charge in [-0.25, -0.2) is 0 Å². The van der Waals surface area contributed by atoms with Gasteiger partial charge >= 0.3 is 0 Å². The molecule has 5 nitrogen and oxygen atoms in total. The number of halogens is 2. The molecule has 3 rings (SSSR count). The third-order valence-corrected chi connectivity index (χ3v) is 6.84. The fraction of sp³-hybridized carbons (Fsp3) is 0.316. The van der Waals surface area contributed by atoms with E-state index in [1.165, 1.54) is 16.6 Å². The Balaban J connectivity index is 1.73. The van der Waals surface area contributed by atoms with Crippen LogP contribution in [0.4, 0.5) is 5.69 Å². The van der Waals surface area contributed by atoms with Crippen LogP contribution < -0.4 is 5.32 Å². The summed E-state index contributed by atoms with van der Waals surface area (Å²) in [6.07, 6.45) is 0.994. The lowest BCUT2D eigenvalue weighted by Crippen LogP contribution is -2.15. The average Bonchev–Trinajstić information content (AvgIpc) is 3.30. The predicted octanol–water partition coefficient (Wildman–Crippen LogP) is 6.19. The molecule has 1 aromatic carbocycles. The molecule has 0 fully saturated rings. The SMILES string of the molecule is CCc1cc(-c2nnc(SCC(=O)Nc3cccc(Cl)c3Cl)n2C(C)C)cs1. The number of amides is 1. The summed E-state index contributed by atoms with van der Waals surface area (Å²) in [4.78, 5) is 13.7. The van der Waals surface area contributed by atoms with Crippen molar-refractivity contribution in [3.05, 3.63) is 44.6 Å². The molecule has 148 valence electrons. The number of benzene rings is 1. The molecule has 0 atom stereocenters. The van der Waals surface area contributed by atoms with Crippen LogP contribution in [0, 0.1) is 0 Å².